The summed E-state index contributed by atoms with van der Waals surface area (Å²) in [5.41, 5.74) is 1.19. The molecule has 0 amide bonds. The molecular weight excluding hydrogens is 314 g/mol. The van der Waals surface area contributed by atoms with E-state index in [1.54, 1.807) is 12.4 Å². The van der Waals surface area contributed by atoms with Gasteiger partial charge in [-0.3, -0.25) is 0 Å². The van der Waals surface area contributed by atoms with Gasteiger partial charge in [-0.05, 0) is 37.6 Å². The number of nitrogens with one attached hydrogen (secondary N) is 1. The van der Waals surface area contributed by atoms with Crippen molar-refractivity contribution in [2.45, 2.75) is 24.3 Å². The van der Waals surface area contributed by atoms with Crippen LogP contribution in [0.2, 0.25) is 0 Å². The van der Waals surface area contributed by atoms with Crippen LogP contribution in [0.15, 0.2) is 36.7 Å². The first-order chi connectivity index (χ1) is 11.2. The molecular formula is C17H20ClN3O2. The molecule has 0 spiro atoms. The first-order valence-electron chi connectivity index (χ1n) is 7.72. The van der Waals surface area contributed by atoms with Crippen molar-refractivity contribution in [3.8, 4) is 17.1 Å². The fourth-order valence-corrected chi connectivity index (χ4v) is 2.75. The van der Waals surface area contributed by atoms with Gasteiger partial charge in [-0.15, -0.1) is 11.6 Å². The number of alkyl halides is 1. The molecule has 23 heavy (non-hydrogen) atoms. The van der Waals surface area contributed by atoms with Gasteiger partial charge in [-0.25, -0.2) is 9.97 Å². The minimum atomic E-state index is -0.765. The van der Waals surface area contributed by atoms with E-state index < -0.39 is 5.60 Å². The molecule has 0 aliphatic carbocycles. The summed E-state index contributed by atoms with van der Waals surface area (Å²) in [7, 11) is 0. The summed E-state index contributed by atoms with van der Waals surface area (Å²) < 4.78 is 5.66. The lowest BCUT2D eigenvalue weighted by molar-refractivity contribution is -0.0287. The molecule has 2 aromatic rings. The third-order valence-corrected chi connectivity index (χ3v) is 4.32. The van der Waals surface area contributed by atoms with Crippen molar-refractivity contribution in [1.29, 1.82) is 0 Å². The van der Waals surface area contributed by atoms with E-state index in [-0.39, 0.29) is 6.61 Å². The summed E-state index contributed by atoms with van der Waals surface area (Å²) in [5.74, 6) is 1.65. The molecule has 5 nitrogen and oxygen atoms in total. The highest BCUT2D eigenvalue weighted by Crippen LogP contribution is 2.22. The zero-order valence-electron chi connectivity index (χ0n) is 12.8. The molecule has 1 aliphatic rings. The largest absolute Gasteiger partial charge is 0.487 e. The van der Waals surface area contributed by atoms with Crippen molar-refractivity contribution in [2.75, 3.05) is 19.7 Å². The Balaban J connectivity index is 1.64. The molecule has 6 heteroatoms. The van der Waals surface area contributed by atoms with Crippen molar-refractivity contribution in [1.82, 2.24) is 15.3 Å². The number of aromatic nitrogens is 2. The van der Waals surface area contributed by atoms with Crippen LogP contribution in [0.25, 0.3) is 11.4 Å². The maximum absolute atomic E-state index is 10.4. The minimum Gasteiger partial charge on any atom is -0.487 e. The van der Waals surface area contributed by atoms with Crippen LogP contribution in [-0.4, -0.2) is 40.4 Å². The first-order valence-corrected chi connectivity index (χ1v) is 8.25. The Morgan fingerprint density at radius 2 is 1.96 bits per heavy atom. The van der Waals surface area contributed by atoms with Gasteiger partial charge in [0.15, 0.2) is 11.6 Å². The highest BCUT2D eigenvalue weighted by molar-refractivity contribution is 6.17. The van der Waals surface area contributed by atoms with Crippen LogP contribution in [0.4, 0.5) is 0 Å². The predicted octanol–water partition coefficient (Wildman–Crippen LogP) is 2.38. The third kappa shape index (κ3) is 4.19. The van der Waals surface area contributed by atoms with E-state index in [1.807, 2.05) is 24.3 Å². The molecule has 0 atom stereocenters. The second-order valence-corrected chi connectivity index (χ2v) is 6.11. The van der Waals surface area contributed by atoms with Crippen LogP contribution in [0, 0.1) is 0 Å². The molecule has 0 bridgehead atoms. The molecule has 2 N–H and O–H groups in total. The third-order valence-electron chi connectivity index (χ3n) is 4.01. The van der Waals surface area contributed by atoms with E-state index in [4.69, 9.17) is 16.3 Å². The molecule has 1 fully saturated rings. The summed E-state index contributed by atoms with van der Waals surface area (Å²) in [5, 5.41) is 13.6. The summed E-state index contributed by atoms with van der Waals surface area (Å²) in [4.78, 5) is 8.68. The van der Waals surface area contributed by atoms with E-state index in [0.29, 0.717) is 30.3 Å². The zero-order valence-corrected chi connectivity index (χ0v) is 13.6. The van der Waals surface area contributed by atoms with Crippen LogP contribution < -0.4 is 10.1 Å². The van der Waals surface area contributed by atoms with Gasteiger partial charge in [-0.2, -0.15) is 0 Å². The fourth-order valence-electron chi connectivity index (χ4n) is 2.59. The predicted molar refractivity (Wildman–Crippen MR) is 89.6 cm³/mol. The van der Waals surface area contributed by atoms with Gasteiger partial charge in [-0.1, -0.05) is 18.2 Å². The van der Waals surface area contributed by atoms with Crippen molar-refractivity contribution in [3.05, 3.63) is 42.2 Å². The average Bonchev–Trinajstić information content (AvgIpc) is 2.61. The highest BCUT2D eigenvalue weighted by atomic mass is 35.5. The van der Waals surface area contributed by atoms with Crippen LogP contribution in [0.1, 0.15) is 18.4 Å². The lowest BCUT2D eigenvalue weighted by atomic mass is 9.94. The molecule has 3 rings (SSSR count). The zero-order chi connectivity index (χ0) is 16.1. The molecule has 0 unspecified atom stereocenters. The number of hydrogen-bond acceptors (Lipinski definition) is 5. The lowest BCUT2D eigenvalue weighted by Crippen LogP contribution is -2.45. The molecule has 1 aliphatic heterocycles. The van der Waals surface area contributed by atoms with Crippen LogP contribution >= 0.6 is 11.6 Å². The number of hydrogen-bond donors (Lipinski definition) is 2. The van der Waals surface area contributed by atoms with Gasteiger partial charge >= 0.3 is 0 Å². The van der Waals surface area contributed by atoms with Gasteiger partial charge in [0.1, 0.15) is 12.2 Å². The number of ether oxygens (including phenoxy) is 1. The van der Waals surface area contributed by atoms with Gasteiger partial charge in [0, 0.05) is 11.4 Å². The van der Waals surface area contributed by atoms with E-state index in [1.165, 1.54) is 0 Å². The molecule has 0 radical (unpaired) electrons. The molecule has 1 saturated heterocycles. The Hall–Kier alpha value is -1.69. The van der Waals surface area contributed by atoms with Crippen molar-refractivity contribution in [3.63, 3.8) is 0 Å². The molecule has 1 aromatic heterocycles. The topological polar surface area (TPSA) is 67.3 Å². The number of nitrogens with zero attached hydrogens (tertiary/aromatic N) is 2. The van der Waals surface area contributed by atoms with Gasteiger partial charge < -0.3 is 15.2 Å². The number of aliphatic hydroxyl groups is 1. The summed E-state index contributed by atoms with van der Waals surface area (Å²) in [6, 6.07) is 7.82. The van der Waals surface area contributed by atoms with E-state index in [0.717, 1.165) is 24.2 Å². The fraction of sp³-hybridized carbons (Fsp3) is 0.412. The molecule has 0 saturated carbocycles. The Bertz CT molecular complexity index is 643. The van der Waals surface area contributed by atoms with Crippen molar-refractivity contribution < 1.29 is 9.84 Å². The van der Waals surface area contributed by atoms with Gasteiger partial charge in [0.05, 0.1) is 12.4 Å². The normalized spacial score (nSPS) is 17.0. The maximum Gasteiger partial charge on any atom is 0.159 e. The smallest absolute Gasteiger partial charge is 0.159 e. The van der Waals surface area contributed by atoms with E-state index >= 15 is 0 Å². The minimum absolute atomic E-state index is 0.263. The summed E-state index contributed by atoms with van der Waals surface area (Å²) in [6.45, 7) is 1.89. The lowest BCUT2D eigenvalue weighted by Gasteiger charge is -2.32. The van der Waals surface area contributed by atoms with Crippen LogP contribution in [-0.2, 0) is 5.88 Å². The Morgan fingerprint density at radius 1 is 1.22 bits per heavy atom. The monoisotopic (exact) mass is 333 g/mol. The Morgan fingerprint density at radius 3 is 2.65 bits per heavy atom. The summed E-state index contributed by atoms with van der Waals surface area (Å²) >= 11 is 5.85. The second-order valence-electron chi connectivity index (χ2n) is 5.84. The van der Waals surface area contributed by atoms with Crippen LogP contribution in [0.3, 0.4) is 0 Å². The molecule has 122 valence electrons. The quantitative estimate of drug-likeness (QED) is 0.822. The standard InChI is InChI=1S/C17H20ClN3O2/c18-9-13-2-1-3-14(8-13)16-20-10-15(11-21-16)23-12-17(22)4-6-19-7-5-17/h1-3,8,10-11,19,22H,4-7,9,12H2. The van der Waals surface area contributed by atoms with Gasteiger partial charge in [0.25, 0.3) is 0 Å². The Kier molecular flexibility index (Phi) is 5.10. The van der Waals surface area contributed by atoms with E-state index in [2.05, 4.69) is 15.3 Å². The van der Waals surface area contributed by atoms with Crippen molar-refractivity contribution in [2.24, 2.45) is 0 Å². The number of rotatable bonds is 5. The van der Waals surface area contributed by atoms with E-state index in [9.17, 15) is 5.11 Å². The molecule has 1 aromatic carbocycles. The second kappa shape index (κ2) is 7.25. The SMILES string of the molecule is OC1(COc2cnc(-c3cccc(CCl)c3)nc2)CCNCC1. The summed E-state index contributed by atoms with van der Waals surface area (Å²) in [6.07, 6.45) is 4.66. The number of benzene rings is 1. The average molecular weight is 334 g/mol. The van der Waals surface area contributed by atoms with Crippen LogP contribution in [0.5, 0.6) is 5.75 Å². The Labute approximate surface area is 140 Å². The maximum atomic E-state index is 10.4. The molecule has 2 heterocycles. The number of halogens is 1. The number of piperidine rings is 1. The highest BCUT2D eigenvalue weighted by Gasteiger charge is 2.29. The first kappa shape index (κ1) is 16.2. The van der Waals surface area contributed by atoms with Gasteiger partial charge in [0.2, 0.25) is 0 Å². The van der Waals surface area contributed by atoms with Crippen molar-refractivity contribution >= 4 is 11.6 Å².